The number of halogens is 1. The van der Waals surface area contributed by atoms with Gasteiger partial charge in [0.25, 0.3) is 5.91 Å². The molecule has 0 radical (unpaired) electrons. The Labute approximate surface area is 144 Å². The average molecular weight is 379 g/mol. The minimum absolute atomic E-state index is 0.171. The molecule has 0 aliphatic rings. The minimum Gasteiger partial charge on any atom is -0.495 e. The summed E-state index contributed by atoms with van der Waals surface area (Å²) in [5, 5.41) is 2.93. The number of methoxy groups -OCH3 is 2. The molecule has 2 rings (SSSR count). The van der Waals surface area contributed by atoms with E-state index in [1.54, 1.807) is 38.7 Å². The zero-order valence-corrected chi connectivity index (χ0v) is 14.9. The van der Waals surface area contributed by atoms with Crippen LogP contribution in [0, 0.1) is 0 Å². The topological polar surface area (TPSA) is 60.5 Å². The third-order valence-electron chi connectivity index (χ3n) is 3.55. The van der Waals surface area contributed by atoms with Gasteiger partial charge >= 0.3 is 0 Å². The standard InChI is InChI=1S/C17H19BrN2O3/c1-11(12-4-6-19-7-5-12)10-20-17(21)13-8-14(22-2)16(18)15(9-13)23-3/h4-9,11H,10H2,1-3H3,(H,20,21)/t11-/m1/s1. The van der Waals surface area contributed by atoms with E-state index >= 15 is 0 Å². The van der Waals surface area contributed by atoms with Crippen LogP contribution >= 0.6 is 15.9 Å². The van der Waals surface area contributed by atoms with E-state index in [0.29, 0.717) is 28.1 Å². The van der Waals surface area contributed by atoms with Gasteiger partial charge in [0.15, 0.2) is 0 Å². The number of rotatable bonds is 6. The van der Waals surface area contributed by atoms with Crippen molar-refractivity contribution in [3.8, 4) is 11.5 Å². The van der Waals surface area contributed by atoms with Gasteiger partial charge in [-0.1, -0.05) is 6.92 Å². The maximum atomic E-state index is 12.4. The molecule has 0 saturated heterocycles. The first-order valence-electron chi connectivity index (χ1n) is 7.16. The fourth-order valence-corrected chi connectivity index (χ4v) is 2.71. The smallest absolute Gasteiger partial charge is 0.251 e. The number of hydrogen-bond acceptors (Lipinski definition) is 4. The Kier molecular flexibility index (Phi) is 5.98. The van der Waals surface area contributed by atoms with Gasteiger partial charge in [-0.05, 0) is 51.7 Å². The average Bonchev–Trinajstić information content (AvgIpc) is 2.60. The van der Waals surface area contributed by atoms with Crippen LogP contribution in [0.3, 0.4) is 0 Å². The van der Waals surface area contributed by atoms with Crippen LogP contribution in [0.25, 0.3) is 0 Å². The molecule has 2 aromatic rings. The fourth-order valence-electron chi connectivity index (χ4n) is 2.16. The molecule has 1 heterocycles. The molecule has 6 heteroatoms. The molecule has 0 saturated carbocycles. The highest BCUT2D eigenvalue weighted by Crippen LogP contribution is 2.35. The van der Waals surface area contributed by atoms with Gasteiger partial charge in [0.05, 0.1) is 14.2 Å². The summed E-state index contributed by atoms with van der Waals surface area (Å²) >= 11 is 3.39. The van der Waals surface area contributed by atoms with Gasteiger partial charge in [0.1, 0.15) is 16.0 Å². The highest BCUT2D eigenvalue weighted by molar-refractivity contribution is 9.10. The van der Waals surface area contributed by atoms with E-state index in [1.165, 1.54) is 0 Å². The third kappa shape index (κ3) is 4.22. The SMILES string of the molecule is COc1cc(C(=O)NC[C@@H](C)c2ccncc2)cc(OC)c1Br. The lowest BCUT2D eigenvalue weighted by atomic mass is 10.0. The molecule has 5 nitrogen and oxygen atoms in total. The summed E-state index contributed by atoms with van der Waals surface area (Å²) < 4.78 is 11.2. The van der Waals surface area contributed by atoms with Gasteiger partial charge in [0.2, 0.25) is 0 Å². The van der Waals surface area contributed by atoms with Crippen molar-refractivity contribution in [3.63, 3.8) is 0 Å². The Balaban J connectivity index is 2.09. The number of ether oxygens (including phenoxy) is 2. The highest BCUT2D eigenvalue weighted by Gasteiger charge is 2.15. The lowest BCUT2D eigenvalue weighted by Gasteiger charge is -2.14. The second-order valence-corrected chi connectivity index (χ2v) is 5.88. The molecule has 0 spiro atoms. The number of carbonyl (C=O) groups is 1. The van der Waals surface area contributed by atoms with E-state index < -0.39 is 0 Å². The number of nitrogens with one attached hydrogen (secondary N) is 1. The van der Waals surface area contributed by atoms with Gasteiger partial charge in [-0.3, -0.25) is 9.78 Å². The van der Waals surface area contributed by atoms with Crippen molar-refractivity contribution in [2.24, 2.45) is 0 Å². The number of pyridine rings is 1. The van der Waals surface area contributed by atoms with E-state index in [2.05, 4.69) is 33.2 Å². The van der Waals surface area contributed by atoms with Crippen LogP contribution < -0.4 is 14.8 Å². The fraction of sp³-hybridized carbons (Fsp3) is 0.294. The van der Waals surface area contributed by atoms with Crippen LogP contribution in [-0.2, 0) is 0 Å². The van der Waals surface area contributed by atoms with Gasteiger partial charge < -0.3 is 14.8 Å². The summed E-state index contributed by atoms with van der Waals surface area (Å²) in [6.07, 6.45) is 3.50. The molecule has 0 unspecified atom stereocenters. The minimum atomic E-state index is -0.171. The zero-order valence-electron chi connectivity index (χ0n) is 13.3. The molecule has 1 N–H and O–H groups in total. The van der Waals surface area contributed by atoms with Crippen LogP contribution in [0.1, 0.15) is 28.8 Å². The number of benzene rings is 1. The normalized spacial score (nSPS) is 11.7. The largest absolute Gasteiger partial charge is 0.495 e. The van der Waals surface area contributed by atoms with E-state index in [4.69, 9.17) is 9.47 Å². The molecule has 0 bridgehead atoms. The van der Waals surface area contributed by atoms with Gasteiger partial charge in [-0.15, -0.1) is 0 Å². The molecular weight excluding hydrogens is 360 g/mol. The Morgan fingerprint density at radius 2 is 1.78 bits per heavy atom. The van der Waals surface area contributed by atoms with Gasteiger partial charge in [0, 0.05) is 24.5 Å². The number of amides is 1. The first-order chi connectivity index (χ1) is 11.1. The van der Waals surface area contributed by atoms with Crippen molar-refractivity contribution in [2.75, 3.05) is 20.8 Å². The molecule has 1 aromatic heterocycles. The molecule has 1 amide bonds. The van der Waals surface area contributed by atoms with E-state index in [9.17, 15) is 4.79 Å². The number of nitrogens with zero attached hydrogens (tertiary/aromatic N) is 1. The molecular formula is C17H19BrN2O3. The predicted octanol–water partition coefficient (Wildman–Crippen LogP) is 3.39. The van der Waals surface area contributed by atoms with Crippen molar-refractivity contribution in [3.05, 3.63) is 52.3 Å². The summed E-state index contributed by atoms with van der Waals surface area (Å²) in [7, 11) is 3.10. The molecule has 0 aliphatic heterocycles. The first kappa shape index (κ1) is 17.3. The lowest BCUT2D eigenvalue weighted by Crippen LogP contribution is -2.27. The van der Waals surface area contributed by atoms with Gasteiger partial charge in [-0.2, -0.15) is 0 Å². The zero-order chi connectivity index (χ0) is 16.8. The van der Waals surface area contributed by atoms with Crippen LogP contribution in [0.2, 0.25) is 0 Å². The molecule has 0 aliphatic carbocycles. The monoisotopic (exact) mass is 378 g/mol. The summed E-state index contributed by atoms with van der Waals surface area (Å²) in [6, 6.07) is 7.25. The van der Waals surface area contributed by atoms with Crippen molar-refractivity contribution < 1.29 is 14.3 Å². The lowest BCUT2D eigenvalue weighted by molar-refractivity contribution is 0.0951. The Bertz CT molecular complexity index is 652. The Hall–Kier alpha value is -2.08. The van der Waals surface area contributed by atoms with Crippen molar-refractivity contribution in [1.82, 2.24) is 10.3 Å². The maximum Gasteiger partial charge on any atom is 0.251 e. The van der Waals surface area contributed by atoms with E-state index in [0.717, 1.165) is 5.56 Å². The van der Waals surface area contributed by atoms with E-state index in [1.807, 2.05) is 12.1 Å². The number of hydrogen-bond donors (Lipinski definition) is 1. The molecule has 1 aromatic carbocycles. The Morgan fingerprint density at radius 1 is 1.22 bits per heavy atom. The molecule has 122 valence electrons. The quantitative estimate of drug-likeness (QED) is 0.836. The van der Waals surface area contributed by atoms with Crippen molar-refractivity contribution in [2.45, 2.75) is 12.8 Å². The summed E-state index contributed by atoms with van der Waals surface area (Å²) in [5.74, 6) is 1.13. The Morgan fingerprint density at radius 3 is 2.30 bits per heavy atom. The predicted molar refractivity (Wildman–Crippen MR) is 92.2 cm³/mol. The highest BCUT2D eigenvalue weighted by atomic mass is 79.9. The van der Waals surface area contributed by atoms with Crippen molar-refractivity contribution in [1.29, 1.82) is 0 Å². The summed E-state index contributed by atoms with van der Waals surface area (Å²) in [6.45, 7) is 2.59. The van der Waals surface area contributed by atoms with E-state index in [-0.39, 0.29) is 11.8 Å². The number of carbonyl (C=O) groups excluding carboxylic acids is 1. The second-order valence-electron chi connectivity index (χ2n) is 5.09. The van der Waals surface area contributed by atoms with Gasteiger partial charge in [-0.25, -0.2) is 0 Å². The second kappa shape index (κ2) is 7.97. The molecule has 1 atom stereocenters. The molecule has 0 fully saturated rings. The van der Waals surface area contributed by atoms with Crippen LogP contribution in [0.5, 0.6) is 11.5 Å². The van der Waals surface area contributed by atoms with Crippen LogP contribution in [0.15, 0.2) is 41.1 Å². The van der Waals surface area contributed by atoms with Crippen LogP contribution in [-0.4, -0.2) is 31.7 Å². The maximum absolute atomic E-state index is 12.4. The van der Waals surface area contributed by atoms with Crippen molar-refractivity contribution >= 4 is 21.8 Å². The third-order valence-corrected chi connectivity index (χ3v) is 4.33. The number of aromatic nitrogens is 1. The van der Waals surface area contributed by atoms with Crippen LogP contribution in [0.4, 0.5) is 0 Å². The summed E-state index contributed by atoms with van der Waals surface area (Å²) in [5.41, 5.74) is 1.62. The molecule has 23 heavy (non-hydrogen) atoms. The summed E-state index contributed by atoms with van der Waals surface area (Å²) in [4.78, 5) is 16.4. The first-order valence-corrected chi connectivity index (χ1v) is 7.95.